The molecule has 5 nitrogen and oxygen atoms in total. The molecule has 0 bridgehead atoms. The quantitative estimate of drug-likeness (QED) is 0.751. The summed E-state index contributed by atoms with van der Waals surface area (Å²) in [7, 11) is 0. The lowest BCUT2D eigenvalue weighted by molar-refractivity contribution is -0.137. The van der Waals surface area contributed by atoms with Gasteiger partial charge in [-0.25, -0.2) is 4.79 Å². The van der Waals surface area contributed by atoms with Crippen LogP contribution in [0.1, 0.15) is 11.3 Å². The molecule has 0 radical (unpaired) electrons. The van der Waals surface area contributed by atoms with Crippen LogP contribution >= 0.6 is 0 Å². The van der Waals surface area contributed by atoms with E-state index in [0.717, 1.165) is 22.8 Å². The van der Waals surface area contributed by atoms with Gasteiger partial charge in [0.05, 0.1) is 16.5 Å². The van der Waals surface area contributed by atoms with Gasteiger partial charge in [0, 0.05) is 6.07 Å². The lowest BCUT2D eigenvalue weighted by Gasteiger charge is -2.08. The van der Waals surface area contributed by atoms with Gasteiger partial charge in [-0.1, -0.05) is 0 Å². The number of aromatic nitrogens is 2. The molecule has 0 atom stereocenters. The van der Waals surface area contributed by atoms with E-state index in [1.165, 1.54) is 6.07 Å². The number of aryl methyl sites for hydroxylation is 1. The number of nitrogens with zero attached hydrogens (tertiary/aromatic N) is 1. The molecule has 114 valence electrons. The van der Waals surface area contributed by atoms with Crippen LogP contribution in [0.3, 0.4) is 0 Å². The number of hydrogen-bond donors (Lipinski definition) is 1. The Bertz CT molecular complexity index is 979. The Balaban J connectivity index is 2.31. The largest absolute Gasteiger partial charge is 0.445 e. The Hall–Kier alpha value is -2.77. The Labute approximate surface area is 120 Å². The van der Waals surface area contributed by atoms with Crippen molar-refractivity contribution in [2.45, 2.75) is 13.1 Å². The van der Waals surface area contributed by atoms with Crippen molar-refractivity contribution in [2.24, 2.45) is 0 Å². The first kappa shape index (κ1) is 14.2. The van der Waals surface area contributed by atoms with Crippen LogP contribution in [0.15, 0.2) is 44.3 Å². The summed E-state index contributed by atoms with van der Waals surface area (Å²) in [6, 6.07) is 5.55. The predicted molar refractivity (Wildman–Crippen MR) is 72.2 cm³/mol. The fraction of sp³-hybridized carbons (Fsp3) is 0.143. The molecule has 0 aliphatic rings. The number of halogens is 3. The van der Waals surface area contributed by atoms with Crippen molar-refractivity contribution in [1.82, 2.24) is 9.55 Å². The molecule has 8 heteroatoms. The number of furan rings is 1. The standard InChI is InChI=1S/C14H9F3N2O3/c1-7-2-5-11(22-7)19-12(20)9-4-3-8(14(15,16)17)6-10(9)18-13(19)21/h2-6H,1H3,(H,18,21). The summed E-state index contributed by atoms with van der Waals surface area (Å²) in [5.74, 6) is 0.499. The SMILES string of the molecule is Cc1ccc(-n2c(=O)[nH]c3cc(C(F)(F)F)ccc3c2=O)o1. The van der Waals surface area contributed by atoms with Gasteiger partial charge < -0.3 is 9.40 Å². The van der Waals surface area contributed by atoms with Crippen molar-refractivity contribution < 1.29 is 17.6 Å². The maximum Gasteiger partial charge on any atom is 0.416 e. The molecule has 0 saturated heterocycles. The van der Waals surface area contributed by atoms with E-state index in [4.69, 9.17) is 4.42 Å². The minimum atomic E-state index is -4.56. The zero-order valence-corrected chi connectivity index (χ0v) is 11.2. The Morgan fingerprint density at radius 3 is 2.45 bits per heavy atom. The molecule has 3 rings (SSSR count). The number of H-pyrrole nitrogens is 1. The van der Waals surface area contributed by atoms with Crippen LogP contribution < -0.4 is 11.2 Å². The van der Waals surface area contributed by atoms with Gasteiger partial charge in [-0.3, -0.25) is 4.79 Å². The van der Waals surface area contributed by atoms with E-state index in [9.17, 15) is 22.8 Å². The predicted octanol–water partition coefficient (Wildman–Crippen LogP) is 2.60. The van der Waals surface area contributed by atoms with Gasteiger partial charge in [0.2, 0.25) is 5.88 Å². The number of hydrogen-bond acceptors (Lipinski definition) is 3. The molecule has 2 aromatic heterocycles. The van der Waals surface area contributed by atoms with Crippen LogP contribution in [-0.4, -0.2) is 9.55 Å². The van der Waals surface area contributed by atoms with Gasteiger partial charge in [-0.05, 0) is 31.2 Å². The normalized spacial score (nSPS) is 12.0. The van der Waals surface area contributed by atoms with E-state index >= 15 is 0 Å². The monoisotopic (exact) mass is 310 g/mol. The Morgan fingerprint density at radius 1 is 1.14 bits per heavy atom. The summed E-state index contributed by atoms with van der Waals surface area (Å²) in [6.45, 7) is 1.64. The zero-order valence-electron chi connectivity index (χ0n) is 11.2. The first-order valence-electron chi connectivity index (χ1n) is 6.20. The number of rotatable bonds is 1. The van der Waals surface area contributed by atoms with Crippen LogP contribution in [0.5, 0.6) is 0 Å². The first-order chi connectivity index (χ1) is 10.3. The average molecular weight is 310 g/mol. The van der Waals surface area contributed by atoms with Crippen LogP contribution in [0, 0.1) is 6.92 Å². The molecule has 0 aliphatic heterocycles. The molecular weight excluding hydrogens is 301 g/mol. The molecule has 0 unspecified atom stereocenters. The Kier molecular flexibility index (Phi) is 2.98. The third kappa shape index (κ3) is 2.22. The number of aromatic amines is 1. The maximum absolute atomic E-state index is 12.7. The fourth-order valence-corrected chi connectivity index (χ4v) is 2.14. The topological polar surface area (TPSA) is 68.0 Å². The van der Waals surface area contributed by atoms with Crippen molar-refractivity contribution in [3.63, 3.8) is 0 Å². The molecule has 22 heavy (non-hydrogen) atoms. The summed E-state index contributed by atoms with van der Waals surface area (Å²) < 4.78 is 44.0. The summed E-state index contributed by atoms with van der Waals surface area (Å²) in [5, 5.41) is -0.0401. The maximum atomic E-state index is 12.7. The molecule has 2 heterocycles. The zero-order chi connectivity index (χ0) is 16.1. The number of benzene rings is 1. The minimum absolute atomic E-state index is 0.00514. The van der Waals surface area contributed by atoms with E-state index < -0.39 is 23.0 Å². The fourth-order valence-electron chi connectivity index (χ4n) is 2.14. The second-order valence-electron chi connectivity index (χ2n) is 4.71. The number of alkyl halides is 3. The van der Waals surface area contributed by atoms with Crippen molar-refractivity contribution in [3.05, 3.63) is 62.5 Å². The number of nitrogens with one attached hydrogen (secondary N) is 1. The molecule has 1 N–H and O–H groups in total. The number of fused-ring (bicyclic) bond motifs is 1. The van der Waals surface area contributed by atoms with Gasteiger partial charge >= 0.3 is 11.9 Å². The Morgan fingerprint density at radius 2 is 1.86 bits per heavy atom. The lowest BCUT2D eigenvalue weighted by Crippen LogP contribution is -2.33. The van der Waals surface area contributed by atoms with Crippen LogP contribution in [0.25, 0.3) is 16.8 Å². The molecule has 0 fully saturated rings. The molecule has 1 aromatic carbocycles. The second kappa shape index (κ2) is 4.62. The van der Waals surface area contributed by atoms with E-state index in [1.807, 2.05) is 0 Å². The third-order valence-corrected chi connectivity index (χ3v) is 3.17. The lowest BCUT2D eigenvalue weighted by atomic mass is 10.1. The van der Waals surface area contributed by atoms with Gasteiger partial charge in [-0.2, -0.15) is 17.7 Å². The van der Waals surface area contributed by atoms with Gasteiger partial charge in [-0.15, -0.1) is 0 Å². The van der Waals surface area contributed by atoms with Crippen LogP contribution in [0.2, 0.25) is 0 Å². The highest BCUT2D eigenvalue weighted by Crippen LogP contribution is 2.30. The summed E-state index contributed by atoms with van der Waals surface area (Å²) in [4.78, 5) is 26.6. The molecule has 0 spiro atoms. The first-order valence-corrected chi connectivity index (χ1v) is 6.20. The molecule has 3 aromatic rings. The van der Waals surface area contributed by atoms with Crippen molar-refractivity contribution >= 4 is 10.9 Å². The highest BCUT2D eigenvalue weighted by Gasteiger charge is 2.30. The summed E-state index contributed by atoms with van der Waals surface area (Å²) in [5.41, 5.74) is -2.74. The second-order valence-corrected chi connectivity index (χ2v) is 4.71. The molecule has 0 saturated carbocycles. The van der Waals surface area contributed by atoms with Gasteiger partial charge in [0.1, 0.15) is 5.76 Å². The molecular formula is C14H9F3N2O3. The van der Waals surface area contributed by atoms with E-state index in [2.05, 4.69) is 4.98 Å². The smallest absolute Gasteiger partial charge is 0.416 e. The molecule has 0 aliphatic carbocycles. The van der Waals surface area contributed by atoms with E-state index in [1.54, 1.807) is 13.0 Å². The third-order valence-electron chi connectivity index (χ3n) is 3.17. The van der Waals surface area contributed by atoms with Crippen molar-refractivity contribution in [3.8, 4) is 5.88 Å². The van der Waals surface area contributed by atoms with Crippen LogP contribution in [0.4, 0.5) is 13.2 Å². The van der Waals surface area contributed by atoms with E-state index in [0.29, 0.717) is 5.76 Å². The summed E-state index contributed by atoms with van der Waals surface area (Å²) in [6.07, 6.45) is -4.56. The highest BCUT2D eigenvalue weighted by atomic mass is 19.4. The van der Waals surface area contributed by atoms with Crippen LogP contribution in [-0.2, 0) is 6.18 Å². The van der Waals surface area contributed by atoms with Gasteiger partial charge in [0.25, 0.3) is 5.56 Å². The van der Waals surface area contributed by atoms with Crippen molar-refractivity contribution in [1.29, 1.82) is 0 Å². The van der Waals surface area contributed by atoms with Crippen molar-refractivity contribution in [2.75, 3.05) is 0 Å². The highest BCUT2D eigenvalue weighted by molar-refractivity contribution is 5.78. The summed E-state index contributed by atoms with van der Waals surface area (Å²) >= 11 is 0. The molecule has 0 amide bonds. The van der Waals surface area contributed by atoms with Gasteiger partial charge in [0.15, 0.2) is 0 Å². The average Bonchev–Trinajstić information content (AvgIpc) is 2.83. The minimum Gasteiger partial charge on any atom is -0.445 e. The van der Waals surface area contributed by atoms with E-state index in [-0.39, 0.29) is 16.8 Å².